The van der Waals surface area contributed by atoms with Crippen molar-refractivity contribution in [2.45, 2.75) is 46.5 Å². The molecule has 90 valence electrons. The van der Waals surface area contributed by atoms with Gasteiger partial charge < -0.3 is 10.0 Å². The number of hydrogen-bond donors (Lipinski definition) is 1. The number of hydrogen-bond acceptors (Lipinski definition) is 2. The van der Waals surface area contributed by atoms with Crippen LogP contribution in [-0.4, -0.2) is 36.2 Å². The van der Waals surface area contributed by atoms with Crippen molar-refractivity contribution in [3.8, 4) is 0 Å². The van der Waals surface area contributed by atoms with Gasteiger partial charge in [-0.15, -0.1) is 0 Å². The van der Waals surface area contributed by atoms with Crippen molar-refractivity contribution in [3.63, 3.8) is 0 Å². The van der Waals surface area contributed by atoms with Gasteiger partial charge in [-0.2, -0.15) is 0 Å². The van der Waals surface area contributed by atoms with Crippen molar-refractivity contribution >= 4 is 0 Å². The molecule has 0 radical (unpaired) electrons. The van der Waals surface area contributed by atoms with Crippen molar-refractivity contribution in [1.29, 1.82) is 0 Å². The topological polar surface area (TPSA) is 23.5 Å². The predicted octanol–water partition coefficient (Wildman–Crippen LogP) is 2.52. The highest BCUT2D eigenvalue weighted by atomic mass is 16.3. The van der Waals surface area contributed by atoms with E-state index in [9.17, 15) is 5.11 Å². The highest BCUT2D eigenvalue weighted by Gasteiger charge is 2.33. The molecule has 0 aromatic heterocycles. The van der Waals surface area contributed by atoms with E-state index < -0.39 is 0 Å². The molecule has 2 heteroatoms. The van der Waals surface area contributed by atoms with Crippen LogP contribution in [0.2, 0.25) is 0 Å². The lowest BCUT2D eigenvalue weighted by atomic mass is 9.77. The standard InChI is InChI=1S/C13H27NO/c1-4-6-13(11-15)7-5-8-14(10-13)9-12(2)3/h12,15H,4-11H2,1-3H3/t13-/m1/s1. The molecule has 1 rings (SSSR count). The van der Waals surface area contributed by atoms with Crippen molar-refractivity contribution < 1.29 is 5.11 Å². The molecular weight excluding hydrogens is 186 g/mol. The number of nitrogens with zero attached hydrogens (tertiary/aromatic N) is 1. The minimum absolute atomic E-state index is 0.210. The number of aliphatic hydroxyl groups excluding tert-OH is 1. The molecule has 0 bridgehead atoms. The van der Waals surface area contributed by atoms with Crippen molar-refractivity contribution in [2.75, 3.05) is 26.2 Å². The quantitative estimate of drug-likeness (QED) is 0.758. The third-order valence-electron chi connectivity index (χ3n) is 3.48. The summed E-state index contributed by atoms with van der Waals surface area (Å²) in [5.41, 5.74) is 0.210. The Morgan fingerprint density at radius 1 is 1.40 bits per heavy atom. The summed E-state index contributed by atoms with van der Waals surface area (Å²) < 4.78 is 0. The second-order valence-corrected chi connectivity index (χ2v) is 5.64. The molecule has 1 saturated heterocycles. The fraction of sp³-hybridized carbons (Fsp3) is 1.00. The Labute approximate surface area is 94.7 Å². The molecule has 1 atom stereocenters. The first kappa shape index (κ1) is 13.0. The molecule has 1 fully saturated rings. The first-order valence-electron chi connectivity index (χ1n) is 6.45. The van der Waals surface area contributed by atoms with Gasteiger partial charge in [0.2, 0.25) is 0 Å². The van der Waals surface area contributed by atoms with Gasteiger partial charge in [-0.25, -0.2) is 0 Å². The Kier molecular flexibility index (Phi) is 5.07. The molecule has 2 nitrogen and oxygen atoms in total. The predicted molar refractivity (Wildman–Crippen MR) is 64.9 cm³/mol. The average molecular weight is 213 g/mol. The van der Waals surface area contributed by atoms with Crippen molar-refractivity contribution in [1.82, 2.24) is 4.90 Å². The molecule has 0 aliphatic carbocycles. The number of piperidine rings is 1. The first-order chi connectivity index (χ1) is 7.12. The maximum Gasteiger partial charge on any atom is 0.0499 e. The summed E-state index contributed by atoms with van der Waals surface area (Å²) in [6.45, 7) is 10.7. The molecule has 1 heterocycles. The molecule has 15 heavy (non-hydrogen) atoms. The number of rotatable bonds is 5. The zero-order valence-corrected chi connectivity index (χ0v) is 10.6. The van der Waals surface area contributed by atoms with Crippen LogP contribution in [0.5, 0.6) is 0 Å². The minimum Gasteiger partial charge on any atom is -0.396 e. The Bertz CT molecular complexity index is 177. The van der Waals surface area contributed by atoms with E-state index in [1.54, 1.807) is 0 Å². The molecule has 0 aromatic carbocycles. The van der Waals surface area contributed by atoms with Crippen LogP contribution < -0.4 is 0 Å². The summed E-state index contributed by atoms with van der Waals surface area (Å²) >= 11 is 0. The molecule has 1 N–H and O–H groups in total. The van der Waals surface area contributed by atoms with Crippen LogP contribution >= 0.6 is 0 Å². The van der Waals surface area contributed by atoms with Crippen LogP contribution in [0.25, 0.3) is 0 Å². The van der Waals surface area contributed by atoms with E-state index >= 15 is 0 Å². The van der Waals surface area contributed by atoms with E-state index in [-0.39, 0.29) is 5.41 Å². The molecule has 0 saturated carbocycles. The van der Waals surface area contributed by atoms with Gasteiger partial charge in [0.25, 0.3) is 0 Å². The maximum absolute atomic E-state index is 9.60. The van der Waals surface area contributed by atoms with Crippen molar-refractivity contribution in [2.24, 2.45) is 11.3 Å². The van der Waals surface area contributed by atoms with Gasteiger partial charge in [-0.05, 0) is 31.7 Å². The number of aliphatic hydroxyl groups is 1. The van der Waals surface area contributed by atoms with Gasteiger partial charge in [0, 0.05) is 25.1 Å². The summed E-state index contributed by atoms with van der Waals surface area (Å²) in [6.07, 6.45) is 4.84. The van der Waals surface area contributed by atoms with Gasteiger partial charge in [0.15, 0.2) is 0 Å². The molecule has 0 aromatic rings. The third kappa shape index (κ3) is 3.76. The lowest BCUT2D eigenvalue weighted by Crippen LogP contribution is -2.46. The monoisotopic (exact) mass is 213 g/mol. The van der Waals surface area contributed by atoms with Crippen LogP contribution in [0.15, 0.2) is 0 Å². The second kappa shape index (κ2) is 5.86. The van der Waals surface area contributed by atoms with Gasteiger partial charge in [0.1, 0.15) is 0 Å². The lowest BCUT2D eigenvalue weighted by molar-refractivity contribution is 0.0206. The lowest BCUT2D eigenvalue weighted by Gasteiger charge is -2.42. The molecule has 1 aliphatic rings. The molecular formula is C13H27NO. The van der Waals surface area contributed by atoms with E-state index in [2.05, 4.69) is 25.7 Å². The van der Waals surface area contributed by atoms with Crippen LogP contribution in [0, 0.1) is 11.3 Å². The Hall–Kier alpha value is -0.0800. The average Bonchev–Trinajstić information content (AvgIpc) is 2.17. The summed E-state index contributed by atoms with van der Waals surface area (Å²) in [7, 11) is 0. The molecule has 0 spiro atoms. The zero-order valence-electron chi connectivity index (χ0n) is 10.6. The summed E-state index contributed by atoms with van der Waals surface area (Å²) in [4.78, 5) is 2.54. The highest BCUT2D eigenvalue weighted by Crippen LogP contribution is 2.34. The first-order valence-corrected chi connectivity index (χ1v) is 6.45. The Morgan fingerprint density at radius 3 is 2.67 bits per heavy atom. The van der Waals surface area contributed by atoms with Crippen LogP contribution in [-0.2, 0) is 0 Å². The maximum atomic E-state index is 9.60. The molecule has 0 unspecified atom stereocenters. The van der Waals surface area contributed by atoms with Gasteiger partial charge in [-0.3, -0.25) is 0 Å². The third-order valence-corrected chi connectivity index (χ3v) is 3.48. The van der Waals surface area contributed by atoms with E-state index in [1.807, 2.05) is 0 Å². The molecule has 0 amide bonds. The van der Waals surface area contributed by atoms with E-state index in [0.717, 1.165) is 12.5 Å². The van der Waals surface area contributed by atoms with Gasteiger partial charge >= 0.3 is 0 Å². The van der Waals surface area contributed by atoms with Gasteiger partial charge in [0.05, 0.1) is 0 Å². The Balaban J connectivity index is 2.51. The zero-order chi connectivity index (χ0) is 11.3. The SMILES string of the molecule is CCC[C@@]1(CO)CCCN(CC(C)C)C1. The smallest absolute Gasteiger partial charge is 0.0499 e. The van der Waals surface area contributed by atoms with Gasteiger partial charge in [-0.1, -0.05) is 27.2 Å². The minimum atomic E-state index is 0.210. The second-order valence-electron chi connectivity index (χ2n) is 5.64. The van der Waals surface area contributed by atoms with E-state index in [4.69, 9.17) is 0 Å². The highest BCUT2D eigenvalue weighted by molar-refractivity contribution is 4.86. The van der Waals surface area contributed by atoms with Crippen LogP contribution in [0.1, 0.15) is 46.5 Å². The summed E-state index contributed by atoms with van der Waals surface area (Å²) in [5.74, 6) is 0.737. The largest absolute Gasteiger partial charge is 0.396 e. The Morgan fingerprint density at radius 2 is 2.13 bits per heavy atom. The van der Waals surface area contributed by atoms with E-state index in [0.29, 0.717) is 6.61 Å². The summed E-state index contributed by atoms with van der Waals surface area (Å²) in [6, 6.07) is 0. The fourth-order valence-corrected chi connectivity index (χ4v) is 2.92. The van der Waals surface area contributed by atoms with Crippen LogP contribution in [0.4, 0.5) is 0 Å². The van der Waals surface area contributed by atoms with Crippen molar-refractivity contribution in [3.05, 3.63) is 0 Å². The van der Waals surface area contributed by atoms with E-state index in [1.165, 1.54) is 38.8 Å². The summed E-state index contributed by atoms with van der Waals surface area (Å²) in [5, 5.41) is 9.60. The fourth-order valence-electron chi connectivity index (χ4n) is 2.92. The van der Waals surface area contributed by atoms with Crippen LogP contribution in [0.3, 0.4) is 0 Å². The normalized spacial score (nSPS) is 28.6. The molecule has 1 aliphatic heterocycles. The number of likely N-dealkylation sites (tertiary alicyclic amines) is 1.